The van der Waals surface area contributed by atoms with Crippen molar-refractivity contribution in [2.24, 2.45) is 0 Å². The Bertz CT molecular complexity index is 403. The van der Waals surface area contributed by atoms with E-state index in [1.54, 1.807) is 11.3 Å². The second kappa shape index (κ2) is 5.71. The van der Waals surface area contributed by atoms with E-state index in [0.29, 0.717) is 0 Å². The summed E-state index contributed by atoms with van der Waals surface area (Å²) in [6, 6.07) is 12.6. The van der Waals surface area contributed by atoms with Crippen molar-refractivity contribution in [3.05, 3.63) is 52.2 Å². The Morgan fingerprint density at radius 3 is 2.56 bits per heavy atom. The molecule has 0 aliphatic carbocycles. The first-order valence-electron chi connectivity index (χ1n) is 5.62. The lowest BCUT2D eigenvalue weighted by atomic mass is 10.2. The molecule has 2 heteroatoms. The highest BCUT2D eigenvalue weighted by Gasteiger charge is 1.96. The zero-order chi connectivity index (χ0) is 11.2. The van der Waals surface area contributed by atoms with E-state index in [0.717, 1.165) is 25.2 Å². The Labute approximate surface area is 101 Å². The van der Waals surface area contributed by atoms with E-state index in [4.69, 9.17) is 4.74 Å². The van der Waals surface area contributed by atoms with E-state index in [1.165, 1.54) is 10.4 Å². The second-order valence-corrected chi connectivity index (χ2v) is 4.71. The summed E-state index contributed by atoms with van der Waals surface area (Å²) in [5, 5.41) is 2.10. The van der Waals surface area contributed by atoms with Gasteiger partial charge in [0.25, 0.3) is 0 Å². The molecular formula is C14H16OS. The van der Waals surface area contributed by atoms with Crippen molar-refractivity contribution in [3.8, 4) is 5.75 Å². The molecular weight excluding hydrogens is 216 g/mol. The van der Waals surface area contributed by atoms with Gasteiger partial charge < -0.3 is 4.74 Å². The van der Waals surface area contributed by atoms with Gasteiger partial charge in [0, 0.05) is 11.3 Å². The predicted molar refractivity (Wildman–Crippen MR) is 69.3 cm³/mol. The molecule has 0 spiro atoms. The van der Waals surface area contributed by atoms with Gasteiger partial charge in [0.2, 0.25) is 0 Å². The first kappa shape index (κ1) is 11.2. The zero-order valence-electron chi connectivity index (χ0n) is 9.48. The third-order valence-electron chi connectivity index (χ3n) is 2.53. The lowest BCUT2D eigenvalue weighted by molar-refractivity contribution is 0.323. The summed E-state index contributed by atoms with van der Waals surface area (Å²) in [6.45, 7) is 2.92. The topological polar surface area (TPSA) is 9.23 Å². The van der Waals surface area contributed by atoms with Gasteiger partial charge in [-0.25, -0.2) is 0 Å². The Morgan fingerprint density at radius 1 is 1.12 bits per heavy atom. The molecule has 1 aromatic carbocycles. The van der Waals surface area contributed by atoms with Crippen LogP contribution in [-0.4, -0.2) is 6.61 Å². The summed E-state index contributed by atoms with van der Waals surface area (Å²) >= 11 is 1.78. The maximum absolute atomic E-state index is 5.69. The highest BCUT2D eigenvalue weighted by Crippen LogP contribution is 2.14. The largest absolute Gasteiger partial charge is 0.493 e. The molecule has 1 heterocycles. The van der Waals surface area contributed by atoms with Crippen LogP contribution >= 0.6 is 11.3 Å². The van der Waals surface area contributed by atoms with Crippen molar-refractivity contribution < 1.29 is 4.74 Å². The van der Waals surface area contributed by atoms with E-state index < -0.39 is 0 Å². The zero-order valence-corrected chi connectivity index (χ0v) is 10.3. The van der Waals surface area contributed by atoms with Crippen molar-refractivity contribution in [1.82, 2.24) is 0 Å². The van der Waals surface area contributed by atoms with Crippen molar-refractivity contribution in [2.45, 2.75) is 19.8 Å². The first-order valence-corrected chi connectivity index (χ1v) is 6.50. The number of thiophene rings is 1. The minimum Gasteiger partial charge on any atom is -0.493 e. The molecule has 0 fully saturated rings. The Hall–Kier alpha value is -1.28. The predicted octanol–water partition coefficient (Wildman–Crippen LogP) is 3.93. The Kier molecular flexibility index (Phi) is 4.00. The van der Waals surface area contributed by atoms with Crippen molar-refractivity contribution in [2.75, 3.05) is 6.61 Å². The highest BCUT2D eigenvalue weighted by molar-refractivity contribution is 7.09. The van der Waals surface area contributed by atoms with Crippen molar-refractivity contribution in [3.63, 3.8) is 0 Å². The van der Waals surface area contributed by atoms with Crippen molar-refractivity contribution >= 4 is 11.3 Å². The molecule has 16 heavy (non-hydrogen) atoms. The standard InChI is InChI=1S/C14H16OS/c1-2-12-5-7-13(8-6-12)15-10-9-14-4-3-11-16-14/h3-8,11H,2,9-10H2,1H3. The van der Waals surface area contributed by atoms with Crippen molar-refractivity contribution in [1.29, 1.82) is 0 Å². The number of hydrogen-bond donors (Lipinski definition) is 0. The summed E-state index contributed by atoms with van der Waals surface area (Å²) in [4.78, 5) is 1.38. The lowest BCUT2D eigenvalue weighted by Crippen LogP contribution is -1.99. The molecule has 0 amide bonds. The third kappa shape index (κ3) is 3.11. The smallest absolute Gasteiger partial charge is 0.119 e. The van der Waals surface area contributed by atoms with Crippen LogP contribution in [0.5, 0.6) is 5.75 Å². The van der Waals surface area contributed by atoms with Crippen LogP contribution in [0.3, 0.4) is 0 Å². The SMILES string of the molecule is CCc1ccc(OCCc2cccs2)cc1. The molecule has 0 N–H and O–H groups in total. The maximum Gasteiger partial charge on any atom is 0.119 e. The normalized spacial score (nSPS) is 10.3. The molecule has 1 nitrogen and oxygen atoms in total. The summed E-state index contributed by atoms with van der Waals surface area (Å²) < 4.78 is 5.69. The van der Waals surface area contributed by atoms with Crippen LogP contribution in [-0.2, 0) is 12.8 Å². The molecule has 2 rings (SSSR count). The van der Waals surface area contributed by atoms with E-state index in [1.807, 2.05) is 12.1 Å². The molecule has 84 valence electrons. The third-order valence-corrected chi connectivity index (χ3v) is 3.47. The van der Waals surface area contributed by atoms with Crippen LogP contribution in [0.2, 0.25) is 0 Å². The van der Waals surface area contributed by atoms with Crippen LogP contribution in [0.1, 0.15) is 17.4 Å². The van der Waals surface area contributed by atoms with Crippen LogP contribution < -0.4 is 4.74 Å². The highest BCUT2D eigenvalue weighted by atomic mass is 32.1. The van der Waals surface area contributed by atoms with Gasteiger partial charge in [-0.2, -0.15) is 0 Å². The molecule has 0 atom stereocenters. The summed E-state index contributed by atoms with van der Waals surface area (Å²) in [5.74, 6) is 0.966. The van der Waals surface area contributed by atoms with Gasteiger partial charge >= 0.3 is 0 Å². The molecule has 0 saturated carbocycles. The van der Waals surface area contributed by atoms with E-state index >= 15 is 0 Å². The monoisotopic (exact) mass is 232 g/mol. The molecule has 0 radical (unpaired) electrons. The fraction of sp³-hybridized carbons (Fsp3) is 0.286. The molecule has 0 aliphatic rings. The maximum atomic E-state index is 5.69. The minimum atomic E-state index is 0.756. The van der Waals surface area contributed by atoms with Gasteiger partial charge in [0.1, 0.15) is 5.75 Å². The average Bonchev–Trinajstić information content (AvgIpc) is 2.83. The van der Waals surface area contributed by atoms with E-state index in [-0.39, 0.29) is 0 Å². The van der Waals surface area contributed by atoms with Gasteiger partial charge in [-0.15, -0.1) is 11.3 Å². The average molecular weight is 232 g/mol. The van der Waals surface area contributed by atoms with Gasteiger partial charge in [-0.1, -0.05) is 25.1 Å². The molecule has 2 aromatic rings. The Balaban J connectivity index is 1.81. The van der Waals surface area contributed by atoms with E-state index in [9.17, 15) is 0 Å². The number of hydrogen-bond acceptors (Lipinski definition) is 2. The van der Waals surface area contributed by atoms with Crippen LogP contribution in [0.15, 0.2) is 41.8 Å². The molecule has 1 aromatic heterocycles. The molecule has 0 unspecified atom stereocenters. The number of benzene rings is 1. The van der Waals surface area contributed by atoms with Gasteiger partial charge in [0.15, 0.2) is 0 Å². The summed E-state index contributed by atoms with van der Waals surface area (Å²) in [7, 11) is 0. The second-order valence-electron chi connectivity index (χ2n) is 3.68. The number of rotatable bonds is 5. The number of aryl methyl sites for hydroxylation is 1. The van der Waals surface area contributed by atoms with Crippen LogP contribution in [0.25, 0.3) is 0 Å². The summed E-state index contributed by atoms with van der Waals surface area (Å²) in [5.41, 5.74) is 1.35. The van der Waals surface area contributed by atoms with Crippen LogP contribution in [0.4, 0.5) is 0 Å². The first-order chi connectivity index (χ1) is 7.88. The quantitative estimate of drug-likeness (QED) is 0.759. The molecule has 0 bridgehead atoms. The molecule has 0 aliphatic heterocycles. The van der Waals surface area contributed by atoms with Crippen LogP contribution in [0, 0.1) is 0 Å². The van der Waals surface area contributed by atoms with Gasteiger partial charge in [-0.3, -0.25) is 0 Å². The number of ether oxygens (including phenoxy) is 1. The fourth-order valence-corrected chi connectivity index (χ4v) is 2.24. The minimum absolute atomic E-state index is 0.756. The lowest BCUT2D eigenvalue weighted by Gasteiger charge is -2.05. The Morgan fingerprint density at radius 2 is 1.94 bits per heavy atom. The van der Waals surface area contributed by atoms with Gasteiger partial charge in [-0.05, 0) is 35.6 Å². The van der Waals surface area contributed by atoms with Gasteiger partial charge in [0.05, 0.1) is 6.61 Å². The fourth-order valence-electron chi connectivity index (χ4n) is 1.55. The van der Waals surface area contributed by atoms with E-state index in [2.05, 4.69) is 36.6 Å². The molecule has 0 saturated heterocycles. The summed E-state index contributed by atoms with van der Waals surface area (Å²) in [6.07, 6.45) is 2.07.